The number of hydrogen-bond acceptors (Lipinski definition) is 5. The maximum absolute atomic E-state index is 12.1. The smallest absolute Gasteiger partial charge is 0.251 e. The van der Waals surface area contributed by atoms with Crippen molar-refractivity contribution in [2.75, 3.05) is 13.1 Å². The number of benzene rings is 1. The van der Waals surface area contributed by atoms with Crippen LogP contribution in [0.1, 0.15) is 28.0 Å². The van der Waals surface area contributed by atoms with Crippen LogP contribution in [0.4, 0.5) is 0 Å². The molecule has 1 aromatic heterocycles. The molecule has 0 radical (unpaired) electrons. The van der Waals surface area contributed by atoms with Crippen molar-refractivity contribution in [3.63, 3.8) is 0 Å². The van der Waals surface area contributed by atoms with Crippen LogP contribution >= 0.6 is 11.3 Å². The highest BCUT2D eigenvalue weighted by molar-refractivity contribution is 7.09. The van der Waals surface area contributed by atoms with Crippen LogP contribution in [0, 0.1) is 12.8 Å². The molecule has 0 aliphatic rings. The number of carbonyl (C=O) groups is 1. The summed E-state index contributed by atoms with van der Waals surface area (Å²) in [7, 11) is 0. The van der Waals surface area contributed by atoms with Gasteiger partial charge in [-0.2, -0.15) is 0 Å². The number of ether oxygens (including phenoxy) is 1. The van der Waals surface area contributed by atoms with Crippen molar-refractivity contribution in [3.8, 4) is 5.75 Å². The summed E-state index contributed by atoms with van der Waals surface area (Å²) in [4.78, 5) is 16.4. The molecule has 1 aromatic carbocycles. The lowest BCUT2D eigenvalue weighted by Crippen LogP contribution is -2.31. The Balaban J connectivity index is 1.92. The van der Waals surface area contributed by atoms with Crippen molar-refractivity contribution >= 4 is 17.2 Å². The highest BCUT2D eigenvalue weighted by Crippen LogP contribution is 2.16. The topological polar surface area (TPSA) is 77.2 Å². The first-order valence-corrected chi connectivity index (χ1v) is 8.08. The monoisotopic (exact) mass is 319 g/mol. The van der Waals surface area contributed by atoms with Crippen LogP contribution in [0.2, 0.25) is 0 Å². The molecule has 2 aromatic rings. The van der Waals surface area contributed by atoms with Gasteiger partial charge in [-0.3, -0.25) is 4.79 Å². The Morgan fingerprint density at radius 3 is 3.00 bits per heavy atom. The first kappa shape index (κ1) is 16.5. The van der Waals surface area contributed by atoms with Gasteiger partial charge in [-0.1, -0.05) is 13.0 Å². The number of nitrogens with two attached hydrogens (primary N) is 1. The van der Waals surface area contributed by atoms with Gasteiger partial charge in [-0.05, 0) is 37.6 Å². The highest BCUT2D eigenvalue weighted by Gasteiger charge is 2.08. The molecule has 118 valence electrons. The second-order valence-corrected chi connectivity index (χ2v) is 6.29. The van der Waals surface area contributed by atoms with E-state index in [4.69, 9.17) is 10.5 Å². The minimum Gasteiger partial charge on any atom is -0.487 e. The standard InChI is InChI=1S/C16H21N3O2S/c1-11(7-17)8-18-16(20)13-4-3-5-15(6-13)21-9-14-10-22-12(2)19-14/h3-6,10-11H,7-9,17H2,1-2H3,(H,18,20). The Bertz CT molecular complexity index is 627. The first-order chi connectivity index (χ1) is 10.6. The van der Waals surface area contributed by atoms with E-state index in [0.717, 1.165) is 10.7 Å². The van der Waals surface area contributed by atoms with Crippen molar-refractivity contribution in [2.45, 2.75) is 20.5 Å². The Morgan fingerprint density at radius 1 is 1.50 bits per heavy atom. The number of nitrogens with one attached hydrogen (secondary N) is 1. The van der Waals surface area contributed by atoms with Gasteiger partial charge in [0.25, 0.3) is 5.91 Å². The number of aromatic nitrogens is 1. The zero-order chi connectivity index (χ0) is 15.9. The normalized spacial score (nSPS) is 12.0. The quantitative estimate of drug-likeness (QED) is 0.821. The summed E-state index contributed by atoms with van der Waals surface area (Å²) in [6.07, 6.45) is 0. The van der Waals surface area contributed by atoms with E-state index in [1.165, 1.54) is 0 Å². The van der Waals surface area contributed by atoms with E-state index in [9.17, 15) is 4.79 Å². The molecule has 6 heteroatoms. The summed E-state index contributed by atoms with van der Waals surface area (Å²) in [5.74, 6) is 0.803. The zero-order valence-corrected chi connectivity index (χ0v) is 13.7. The molecule has 0 aliphatic heterocycles. The minimum absolute atomic E-state index is 0.116. The summed E-state index contributed by atoms with van der Waals surface area (Å²) in [5.41, 5.74) is 7.02. The third-order valence-electron chi connectivity index (χ3n) is 3.16. The van der Waals surface area contributed by atoms with E-state index in [0.29, 0.717) is 31.0 Å². The lowest BCUT2D eigenvalue weighted by atomic mass is 10.1. The molecule has 0 aliphatic carbocycles. The molecule has 0 fully saturated rings. The fraction of sp³-hybridized carbons (Fsp3) is 0.375. The number of carbonyl (C=O) groups excluding carboxylic acids is 1. The molecule has 1 amide bonds. The lowest BCUT2D eigenvalue weighted by molar-refractivity contribution is 0.0948. The molecule has 2 rings (SSSR count). The van der Waals surface area contributed by atoms with Gasteiger partial charge < -0.3 is 15.8 Å². The summed E-state index contributed by atoms with van der Waals surface area (Å²) >= 11 is 1.59. The average Bonchev–Trinajstić information content (AvgIpc) is 2.96. The summed E-state index contributed by atoms with van der Waals surface area (Å²) in [6, 6.07) is 7.14. The molecule has 0 saturated heterocycles. The van der Waals surface area contributed by atoms with Gasteiger partial charge in [0.15, 0.2) is 0 Å². The predicted molar refractivity (Wildman–Crippen MR) is 88.2 cm³/mol. The molecular weight excluding hydrogens is 298 g/mol. The van der Waals surface area contributed by atoms with Crippen LogP contribution in [0.25, 0.3) is 0 Å². The molecule has 3 N–H and O–H groups in total. The molecule has 1 unspecified atom stereocenters. The van der Waals surface area contributed by atoms with Gasteiger partial charge in [0.05, 0.1) is 10.7 Å². The molecule has 0 saturated carbocycles. The molecule has 5 nitrogen and oxygen atoms in total. The zero-order valence-electron chi connectivity index (χ0n) is 12.8. The summed E-state index contributed by atoms with van der Waals surface area (Å²) in [5, 5.41) is 5.86. The van der Waals surface area contributed by atoms with Crippen molar-refractivity contribution in [1.29, 1.82) is 0 Å². The molecule has 1 atom stereocenters. The maximum Gasteiger partial charge on any atom is 0.251 e. The van der Waals surface area contributed by atoms with Crippen molar-refractivity contribution in [3.05, 3.63) is 45.9 Å². The molecule has 1 heterocycles. The summed E-state index contributed by atoms with van der Waals surface area (Å²) < 4.78 is 5.69. The number of hydrogen-bond donors (Lipinski definition) is 2. The largest absolute Gasteiger partial charge is 0.487 e. The van der Waals surface area contributed by atoms with E-state index in [1.54, 1.807) is 23.5 Å². The van der Waals surface area contributed by atoms with Gasteiger partial charge >= 0.3 is 0 Å². The van der Waals surface area contributed by atoms with Crippen LogP contribution in [0.15, 0.2) is 29.6 Å². The van der Waals surface area contributed by atoms with E-state index >= 15 is 0 Å². The Labute approximate surface area is 134 Å². The molecule has 22 heavy (non-hydrogen) atoms. The highest BCUT2D eigenvalue weighted by atomic mass is 32.1. The number of nitrogens with zero attached hydrogens (tertiary/aromatic N) is 1. The van der Waals surface area contributed by atoms with Crippen LogP contribution < -0.4 is 15.8 Å². The maximum atomic E-state index is 12.1. The second-order valence-electron chi connectivity index (χ2n) is 5.23. The average molecular weight is 319 g/mol. The van der Waals surface area contributed by atoms with E-state index in [2.05, 4.69) is 10.3 Å². The van der Waals surface area contributed by atoms with Crippen LogP contribution in [0.5, 0.6) is 5.75 Å². The van der Waals surface area contributed by atoms with Gasteiger partial charge in [0.1, 0.15) is 12.4 Å². The van der Waals surface area contributed by atoms with E-state index in [-0.39, 0.29) is 11.8 Å². The fourth-order valence-corrected chi connectivity index (χ4v) is 2.41. The summed E-state index contributed by atoms with van der Waals surface area (Å²) in [6.45, 7) is 5.48. The second kappa shape index (κ2) is 7.91. The van der Waals surface area contributed by atoms with E-state index < -0.39 is 0 Å². The van der Waals surface area contributed by atoms with Crippen LogP contribution in [-0.4, -0.2) is 24.0 Å². The Kier molecular flexibility index (Phi) is 5.91. The van der Waals surface area contributed by atoms with Gasteiger partial charge in [-0.25, -0.2) is 4.98 Å². The molecule has 0 bridgehead atoms. The van der Waals surface area contributed by atoms with Crippen LogP contribution in [0.3, 0.4) is 0 Å². The molecular formula is C16H21N3O2S. The van der Waals surface area contributed by atoms with Crippen molar-refractivity contribution < 1.29 is 9.53 Å². The number of amides is 1. The van der Waals surface area contributed by atoms with Crippen molar-refractivity contribution in [1.82, 2.24) is 10.3 Å². The van der Waals surface area contributed by atoms with Crippen molar-refractivity contribution in [2.24, 2.45) is 11.7 Å². The number of rotatable bonds is 7. The van der Waals surface area contributed by atoms with Gasteiger partial charge in [0.2, 0.25) is 0 Å². The van der Waals surface area contributed by atoms with Gasteiger partial charge in [-0.15, -0.1) is 11.3 Å². The minimum atomic E-state index is -0.116. The first-order valence-electron chi connectivity index (χ1n) is 7.20. The number of aryl methyl sites for hydroxylation is 1. The molecule has 0 spiro atoms. The Morgan fingerprint density at radius 2 is 2.32 bits per heavy atom. The number of thiazole rings is 1. The van der Waals surface area contributed by atoms with Gasteiger partial charge in [0, 0.05) is 17.5 Å². The predicted octanol–water partition coefficient (Wildman–Crippen LogP) is 2.36. The van der Waals surface area contributed by atoms with E-state index in [1.807, 2.05) is 31.4 Å². The third kappa shape index (κ3) is 4.82. The fourth-order valence-electron chi connectivity index (χ4n) is 1.81. The Hall–Kier alpha value is -1.92. The lowest BCUT2D eigenvalue weighted by Gasteiger charge is -2.11. The SMILES string of the molecule is Cc1nc(COc2cccc(C(=O)NCC(C)CN)c2)cs1. The third-order valence-corrected chi connectivity index (χ3v) is 3.99. The van der Waals surface area contributed by atoms with Crippen LogP contribution in [-0.2, 0) is 6.61 Å².